The highest BCUT2D eigenvalue weighted by Crippen LogP contribution is 2.07. The lowest BCUT2D eigenvalue weighted by Crippen LogP contribution is -2.26. The molecule has 60 valence electrons. The van der Waals surface area contributed by atoms with Crippen LogP contribution < -0.4 is 5.32 Å². The Morgan fingerprint density at radius 2 is 2.30 bits per heavy atom. The molecule has 1 saturated heterocycles. The van der Waals surface area contributed by atoms with E-state index in [4.69, 9.17) is 0 Å². The third-order valence-electron chi connectivity index (χ3n) is 1.31. The molecule has 0 radical (unpaired) electrons. The number of hydrogen-bond acceptors (Lipinski definition) is 4. The van der Waals surface area contributed by atoms with Gasteiger partial charge in [0, 0.05) is 0 Å². The van der Waals surface area contributed by atoms with Crippen molar-refractivity contribution in [2.45, 2.75) is 19.1 Å². The Bertz CT molecular complexity index is 193. The van der Waals surface area contributed by atoms with Gasteiger partial charge in [-0.25, -0.2) is 0 Å². The predicted molar refractivity (Wildman–Crippen MR) is 37.0 cm³/mol. The molecule has 0 bridgehead atoms. The Kier molecular flexibility index (Phi) is 2.28. The second kappa shape index (κ2) is 2.86. The van der Waals surface area contributed by atoms with Crippen molar-refractivity contribution in [3.05, 3.63) is 0 Å². The summed E-state index contributed by atoms with van der Waals surface area (Å²) in [5.41, 5.74) is 0. The molecule has 0 aliphatic carbocycles. The summed E-state index contributed by atoms with van der Waals surface area (Å²) in [5.74, 6) is 0. The molecular formula is C5H11NO3S. The van der Waals surface area contributed by atoms with E-state index in [1.165, 1.54) is 0 Å². The standard InChI is InChI=1S/C5H11NO3S/c1-10(7,8)9-5-3-2-4-6-5/h5-6H,2-4H2,1H3. The fourth-order valence-corrected chi connectivity index (χ4v) is 1.53. The molecular weight excluding hydrogens is 154 g/mol. The zero-order valence-electron chi connectivity index (χ0n) is 5.83. The molecule has 10 heavy (non-hydrogen) atoms. The van der Waals surface area contributed by atoms with E-state index in [1.807, 2.05) is 0 Å². The molecule has 0 spiro atoms. The number of hydrogen-bond donors (Lipinski definition) is 1. The largest absolute Gasteiger partial charge is 0.291 e. The van der Waals surface area contributed by atoms with Crippen LogP contribution in [0.25, 0.3) is 0 Å². The second-order valence-corrected chi connectivity index (χ2v) is 3.99. The molecule has 0 aromatic heterocycles. The zero-order valence-corrected chi connectivity index (χ0v) is 6.65. The van der Waals surface area contributed by atoms with Crippen LogP contribution in [0.4, 0.5) is 0 Å². The zero-order chi connectivity index (χ0) is 7.61. The molecule has 0 saturated carbocycles. The van der Waals surface area contributed by atoms with E-state index < -0.39 is 10.1 Å². The van der Waals surface area contributed by atoms with Crippen LogP contribution in [0, 0.1) is 0 Å². The van der Waals surface area contributed by atoms with E-state index in [0.29, 0.717) is 0 Å². The van der Waals surface area contributed by atoms with Crippen LogP contribution in [-0.4, -0.2) is 27.4 Å². The molecule has 0 amide bonds. The lowest BCUT2D eigenvalue weighted by Gasteiger charge is -2.07. The average Bonchev–Trinajstić information content (AvgIpc) is 2.12. The topological polar surface area (TPSA) is 55.4 Å². The van der Waals surface area contributed by atoms with Crippen molar-refractivity contribution in [2.24, 2.45) is 0 Å². The monoisotopic (exact) mass is 165 g/mol. The van der Waals surface area contributed by atoms with Gasteiger partial charge in [0.2, 0.25) is 0 Å². The van der Waals surface area contributed by atoms with Gasteiger partial charge >= 0.3 is 0 Å². The van der Waals surface area contributed by atoms with Crippen molar-refractivity contribution in [1.82, 2.24) is 5.32 Å². The molecule has 1 atom stereocenters. The summed E-state index contributed by atoms with van der Waals surface area (Å²) in [5, 5.41) is 2.91. The first-order valence-electron chi connectivity index (χ1n) is 3.19. The third-order valence-corrected chi connectivity index (χ3v) is 1.89. The highest BCUT2D eigenvalue weighted by Gasteiger charge is 2.18. The van der Waals surface area contributed by atoms with Crippen LogP contribution in [0.3, 0.4) is 0 Å². The molecule has 1 rings (SSSR count). The van der Waals surface area contributed by atoms with Crippen LogP contribution in [-0.2, 0) is 14.3 Å². The minimum Gasteiger partial charge on any atom is -0.291 e. The Labute approximate surface area is 60.7 Å². The summed E-state index contributed by atoms with van der Waals surface area (Å²) < 4.78 is 25.7. The van der Waals surface area contributed by atoms with E-state index in [1.54, 1.807) is 0 Å². The van der Waals surface area contributed by atoms with Gasteiger partial charge in [-0.2, -0.15) is 8.42 Å². The predicted octanol–water partition coefficient (Wildman–Crippen LogP) is -0.328. The van der Waals surface area contributed by atoms with Crippen LogP contribution in [0.1, 0.15) is 12.8 Å². The molecule has 1 heterocycles. The van der Waals surface area contributed by atoms with Gasteiger partial charge in [0.05, 0.1) is 6.26 Å². The maximum absolute atomic E-state index is 10.5. The minimum absolute atomic E-state index is 0.282. The Hall–Kier alpha value is -0.130. The van der Waals surface area contributed by atoms with Gasteiger partial charge in [-0.1, -0.05) is 0 Å². The van der Waals surface area contributed by atoms with Crippen molar-refractivity contribution >= 4 is 10.1 Å². The van der Waals surface area contributed by atoms with E-state index >= 15 is 0 Å². The smallest absolute Gasteiger partial charge is 0.265 e. The highest BCUT2D eigenvalue weighted by molar-refractivity contribution is 7.86. The number of nitrogens with one attached hydrogen (secondary N) is 1. The van der Waals surface area contributed by atoms with Gasteiger partial charge in [-0.15, -0.1) is 0 Å². The van der Waals surface area contributed by atoms with E-state index in [9.17, 15) is 8.42 Å². The van der Waals surface area contributed by atoms with Gasteiger partial charge in [0.25, 0.3) is 10.1 Å². The van der Waals surface area contributed by atoms with E-state index in [0.717, 1.165) is 25.6 Å². The Morgan fingerprint density at radius 3 is 2.70 bits per heavy atom. The lowest BCUT2D eigenvalue weighted by atomic mass is 10.4. The van der Waals surface area contributed by atoms with Gasteiger partial charge in [-0.05, 0) is 19.4 Å². The molecule has 1 fully saturated rings. The maximum atomic E-state index is 10.5. The van der Waals surface area contributed by atoms with E-state index in [-0.39, 0.29) is 6.23 Å². The first-order chi connectivity index (χ1) is 4.58. The van der Waals surface area contributed by atoms with Crippen molar-refractivity contribution < 1.29 is 12.6 Å². The van der Waals surface area contributed by atoms with Crippen molar-refractivity contribution in [1.29, 1.82) is 0 Å². The molecule has 1 aliphatic rings. The first-order valence-corrected chi connectivity index (χ1v) is 5.01. The highest BCUT2D eigenvalue weighted by atomic mass is 32.2. The SMILES string of the molecule is CS(=O)(=O)OC1CCCN1. The molecule has 1 aliphatic heterocycles. The molecule has 1 N–H and O–H groups in total. The quantitative estimate of drug-likeness (QED) is 0.569. The Morgan fingerprint density at radius 1 is 1.60 bits per heavy atom. The summed E-state index contributed by atoms with van der Waals surface area (Å²) >= 11 is 0. The van der Waals surface area contributed by atoms with Crippen molar-refractivity contribution in [3.8, 4) is 0 Å². The Balaban J connectivity index is 2.38. The molecule has 1 unspecified atom stereocenters. The summed E-state index contributed by atoms with van der Waals surface area (Å²) in [6, 6.07) is 0. The fourth-order valence-electron chi connectivity index (χ4n) is 0.946. The minimum atomic E-state index is -3.27. The normalized spacial score (nSPS) is 27.1. The summed E-state index contributed by atoms with van der Waals surface area (Å²) in [4.78, 5) is 0. The van der Waals surface area contributed by atoms with E-state index in [2.05, 4.69) is 9.50 Å². The van der Waals surface area contributed by atoms with Gasteiger partial charge in [0.15, 0.2) is 0 Å². The summed E-state index contributed by atoms with van der Waals surface area (Å²) in [6.07, 6.45) is 2.55. The average molecular weight is 165 g/mol. The van der Waals surface area contributed by atoms with Gasteiger partial charge in [-0.3, -0.25) is 9.50 Å². The van der Waals surface area contributed by atoms with Crippen LogP contribution in [0.2, 0.25) is 0 Å². The molecule has 0 aromatic carbocycles. The summed E-state index contributed by atoms with van der Waals surface area (Å²) in [7, 11) is -3.27. The fraction of sp³-hybridized carbons (Fsp3) is 1.00. The van der Waals surface area contributed by atoms with Crippen LogP contribution >= 0.6 is 0 Å². The van der Waals surface area contributed by atoms with Crippen molar-refractivity contribution in [3.63, 3.8) is 0 Å². The first kappa shape index (κ1) is 7.97. The van der Waals surface area contributed by atoms with Gasteiger partial charge < -0.3 is 0 Å². The number of rotatable bonds is 2. The molecule has 5 heteroatoms. The summed E-state index contributed by atoms with van der Waals surface area (Å²) in [6.45, 7) is 0.847. The van der Waals surface area contributed by atoms with Gasteiger partial charge in [0.1, 0.15) is 6.23 Å². The van der Waals surface area contributed by atoms with Crippen molar-refractivity contribution in [2.75, 3.05) is 12.8 Å². The second-order valence-electron chi connectivity index (χ2n) is 2.39. The maximum Gasteiger partial charge on any atom is 0.265 e. The lowest BCUT2D eigenvalue weighted by molar-refractivity contribution is 0.197. The van der Waals surface area contributed by atoms with Crippen LogP contribution in [0.5, 0.6) is 0 Å². The van der Waals surface area contributed by atoms with Crippen LogP contribution in [0.15, 0.2) is 0 Å². The third kappa shape index (κ3) is 2.64. The molecule has 0 aromatic rings. The molecule has 4 nitrogen and oxygen atoms in total.